The molecule has 13 nitrogen and oxygen atoms in total. The normalized spacial score (nSPS) is 11.2. The van der Waals surface area contributed by atoms with Gasteiger partial charge in [0, 0.05) is 36.8 Å². The standard InChI is InChI=1S/C24H20ClN3O4S2.C20H16BrClN2O4S/c1-15-27-21(14-33-15)17-6-4-7-19(11-17)32-22-10-9-18(13-23(22)34(26,30)31)28-24(29)12-16-5-2-3-8-20(16)25;21-14-5-8-16(9-6-14)28-18-10-7-15(12-19(18)29(23,26)27)24-20(25)11-13-3-1-2-4-17(13)22/h2-11,13-14H,12H2,1H3,(H,28,29)(H2,26,30,31);1-10,12H,11H2,(H,24,25)(H2,23,26,27). The van der Waals surface area contributed by atoms with Crippen LogP contribution in [0.2, 0.25) is 10.0 Å². The molecule has 0 aliphatic heterocycles. The lowest BCUT2D eigenvalue weighted by Crippen LogP contribution is -2.17. The van der Waals surface area contributed by atoms with E-state index in [0.717, 1.165) is 20.7 Å². The van der Waals surface area contributed by atoms with Crippen LogP contribution in [0.4, 0.5) is 11.4 Å². The number of sulfonamides is 2. The van der Waals surface area contributed by atoms with Gasteiger partial charge in [-0.1, -0.05) is 87.7 Å². The molecule has 6 aromatic carbocycles. The van der Waals surface area contributed by atoms with E-state index in [1.165, 1.54) is 41.7 Å². The number of aryl methyl sites for hydroxylation is 1. The van der Waals surface area contributed by atoms with Crippen LogP contribution in [-0.4, -0.2) is 33.6 Å². The highest BCUT2D eigenvalue weighted by Gasteiger charge is 2.20. The summed E-state index contributed by atoms with van der Waals surface area (Å²) in [6, 6.07) is 36.5. The minimum absolute atomic E-state index is 0.0333. The molecule has 0 aliphatic carbocycles. The average molecular weight is 1010 g/mol. The molecule has 63 heavy (non-hydrogen) atoms. The van der Waals surface area contributed by atoms with Crippen LogP contribution in [0.1, 0.15) is 16.1 Å². The molecular formula is C44H36BrCl2N5O8S3. The number of amides is 2. The Hall–Kier alpha value is -5.63. The number of rotatable bonds is 13. The molecular weight excluding hydrogens is 974 g/mol. The van der Waals surface area contributed by atoms with Gasteiger partial charge in [-0.15, -0.1) is 11.3 Å². The Morgan fingerprint density at radius 1 is 0.651 bits per heavy atom. The molecule has 0 atom stereocenters. The molecule has 324 valence electrons. The Kier molecular flexibility index (Phi) is 15.4. The van der Waals surface area contributed by atoms with Crippen molar-refractivity contribution in [3.8, 4) is 34.3 Å². The van der Waals surface area contributed by atoms with Gasteiger partial charge < -0.3 is 20.1 Å². The van der Waals surface area contributed by atoms with Crippen LogP contribution in [0.25, 0.3) is 11.3 Å². The molecule has 7 aromatic rings. The Labute approximate surface area is 386 Å². The van der Waals surface area contributed by atoms with Crippen LogP contribution in [-0.2, 0) is 42.5 Å². The van der Waals surface area contributed by atoms with Crippen LogP contribution in [0, 0.1) is 6.92 Å². The molecule has 1 aromatic heterocycles. The molecule has 1 heterocycles. The maximum absolute atomic E-state index is 12.5. The van der Waals surface area contributed by atoms with E-state index in [1.54, 1.807) is 97.1 Å². The second-order valence-electron chi connectivity index (χ2n) is 13.5. The summed E-state index contributed by atoms with van der Waals surface area (Å²) in [5.41, 5.74) is 3.49. The molecule has 0 fully saturated rings. The van der Waals surface area contributed by atoms with Crippen LogP contribution in [0.5, 0.6) is 23.0 Å². The number of hydrogen-bond acceptors (Lipinski definition) is 10. The fourth-order valence-electron chi connectivity index (χ4n) is 5.80. The highest BCUT2D eigenvalue weighted by molar-refractivity contribution is 9.10. The lowest BCUT2D eigenvalue weighted by Gasteiger charge is -2.13. The second-order valence-corrected chi connectivity index (χ2v) is 19.3. The summed E-state index contributed by atoms with van der Waals surface area (Å²) in [6.07, 6.45) is 0.0764. The Bertz CT molecular complexity index is 3030. The van der Waals surface area contributed by atoms with Gasteiger partial charge in [-0.2, -0.15) is 0 Å². The summed E-state index contributed by atoms with van der Waals surface area (Å²) >= 11 is 17.0. The van der Waals surface area contributed by atoms with Crippen molar-refractivity contribution >= 4 is 93.7 Å². The third kappa shape index (κ3) is 13.4. The molecule has 0 saturated heterocycles. The second kappa shape index (κ2) is 20.7. The number of carbonyl (C=O) groups excluding carboxylic acids is 2. The largest absolute Gasteiger partial charge is 0.456 e. The number of halogens is 3. The highest BCUT2D eigenvalue weighted by Crippen LogP contribution is 2.34. The Balaban J connectivity index is 0.000000213. The number of nitrogens with one attached hydrogen (secondary N) is 2. The summed E-state index contributed by atoms with van der Waals surface area (Å²) in [4.78, 5) is 28.7. The number of ether oxygens (including phenoxy) is 2. The summed E-state index contributed by atoms with van der Waals surface area (Å²) in [6.45, 7) is 1.92. The van der Waals surface area contributed by atoms with Crippen LogP contribution < -0.4 is 30.4 Å². The van der Waals surface area contributed by atoms with E-state index in [2.05, 4.69) is 31.5 Å². The number of benzene rings is 6. The van der Waals surface area contributed by atoms with Crippen molar-refractivity contribution in [2.75, 3.05) is 10.6 Å². The topological polar surface area (TPSA) is 210 Å². The van der Waals surface area contributed by atoms with Crippen LogP contribution >= 0.6 is 50.5 Å². The predicted octanol–water partition coefficient (Wildman–Crippen LogP) is 10.1. The van der Waals surface area contributed by atoms with E-state index in [4.69, 9.17) is 43.0 Å². The van der Waals surface area contributed by atoms with Gasteiger partial charge in [0.25, 0.3) is 0 Å². The first kappa shape index (κ1) is 46.9. The van der Waals surface area contributed by atoms with Crippen molar-refractivity contribution in [3.63, 3.8) is 0 Å². The van der Waals surface area contributed by atoms with Gasteiger partial charge in [-0.3, -0.25) is 9.59 Å². The fraction of sp³-hybridized carbons (Fsp3) is 0.0682. The maximum atomic E-state index is 12.5. The maximum Gasteiger partial charge on any atom is 0.241 e. The average Bonchev–Trinajstić information content (AvgIpc) is 3.67. The van der Waals surface area contributed by atoms with Gasteiger partial charge in [0.2, 0.25) is 31.9 Å². The number of hydrogen-bond donors (Lipinski definition) is 4. The van der Waals surface area contributed by atoms with E-state index < -0.39 is 20.0 Å². The van der Waals surface area contributed by atoms with Gasteiger partial charge in [-0.05, 0) is 103 Å². The van der Waals surface area contributed by atoms with E-state index in [0.29, 0.717) is 32.7 Å². The van der Waals surface area contributed by atoms with E-state index >= 15 is 0 Å². The van der Waals surface area contributed by atoms with Gasteiger partial charge in [-0.25, -0.2) is 32.1 Å². The number of aromatic nitrogens is 1. The predicted molar refractivity (Wildman–Crippen MR) is 250 cm³/mol. The van der Waals surface area contributed by atoms with Crippen LogP contribution in [0.15, 0.2) is 153 Å². The zero-order valence-corrected chi connectivity index (χ0v) is 38.5. The molecule has 0 spiro atoms. The van der Waals surface area contributed by atoms with E-state index in [-0.39, 0.29) is 57.3 Å². The van der Waals surface area contributed by atoms with Crippen molar-refractivity contribution in [3.05, 3.63) is 169 Å². The Morgan fingerprint density at radius 3 is 1.60 bits per heavy atom. The van der Waals surface area contributed by atoms with E-state index in [9.17, 15) is 26.4 Å². The number of primary sulfonamides is 2. The van der Waals surface area contributed by atoms with Crippen molar-refractivity contribution in [1.82, 2.24) is 4.98 Å². The minimum Gasteiger partial charge on any atom is -0.456 e. The number of anilines is 2. The highest BCUT2D eigenvalue weighted by atomic mass is 79.9. The summed E-state index contributed by atoms with van der Waals surface area (Å²) < 4.78 is 61.0. The molecule has 6 N–H and O–H groups in total. The van der Waals surface area contributed by atoms with Gasteiger partial charge >= 0.3 is 0 Å². The number of nitrogens with zero attached hydrogens (tertiary/aromatic N) is 1. The molecule has 2 amide bonds. The summed E-state index contributed by atoms with van der Waals surface area (Å²) in [5.74, 6) is 0.253. The molecule has 7 rings (SSSR count). The van der Waals surface area contributed by atoms with Crippen molar-refractivity contribution < 1.29 is 35.9 Å². The Morgan fingerprint density at radius 2 is 1.14 bits per heavy atom. The van der Waals surface area contributed by atoms with Crippen molar-refractivity contribution in [2.45, 2.75) is 29.6 Å². The first-order valence-corrected chi connectivity index (χ1v) is 24.0. The summed E-state index contributed by atoms with van der Waals surface area (Å²) in [7, 11) is -8.24. The van der Waals surface area contributed by atoms with E-state index in [1.807, 2.05) is 18.4 Å². The number of thiazole rings is 1. The first-order chi connectivity index (χ1) is 29.9. The zero-order chi connectivity index (χ0) is 45.3. The molecule has 0 radical (unpaired) electrons. The molecule has 19 heteroatoms. The van der Waals surface area contributed by atoms with Gasteiger partial charge in [0.05, 0.1) is 23.5 Å². The number of nitrogens with two attached hydrogens (primary N) is 2. The lowest BCUT2D eigenvalue weighted by molar-refractivity contribution is -0.116. The van der Waals surface area contributed by atoms with Crippen molar-refractivity contribution in [2.24, 2.45) is 10.3 Å². The SMILES string of the molecule is Cc1nc(-c2cccc(Oc3ccc(NC(=O)Cc4ccccc4Cl)cc3S(N)(=O)=O)c2)cs1.NS(=O)(=O)c1cc(NC(=O)Cc2ccccc2Cl)ccc1Oc1ccc(Br)cc1. The monoisotopic (exact) mass is 1010 g/mol. The molecule has 0 saturated carbocycles. The lowest BCUT2D eigenvalue weighted by atomic mass is 10.1. The van der Waals surface area contributed by atoms with Crippen molar-refractivity contribution in [1.29, 1.82) is 0 Å². The first-order valence-electron chi connectivity index (χ1n) is 18.5. The third-order valence-corrected chi connectivity index (χ3v) is 12.6. The van der Waals surface area contributed by atoms with Gasteiger partial charge in [0.15, 0.2) is 0 Å². The third-order valence-electron chi connectivity index (χ3n) is 8.70. The van der Waals surface area contributed by atoms with Crippen LogP contribution in [0.3, 0.4) is 0 Å². The smallest absolute Gasteiger partial charge is 0.241 e. The number of carbonyl (C=O) groups is 2. The minimum atomic E-state index is -4.14. The summed E-state index contributed by atoms with van der Waals surface area (Å²) in [5, 5.41) is 19.9. The molecule has 0 unspecified atom stereocenters. The quantitative estimate of drug-likeness (QED) is 0.0865. The fourth-order valence-corrected chi connectivity index (χ4v) is 8.45. The molecule has 0 bridgehead atoms. The van der Waals surface area contributed by atoms with Gasteiger partial charge in [0.1, 0.15) is 32.8 Å². The molecule has 0 aliphatic rings. The zero-order valence-electron chi connectivity index (χ0n) is 32.9.